The topological polar surface area (TPSA) is 43.2 Å². The van der Waals surface area contributed by atoms with Crippen molar-refractivity contribution in [1.29, 1.82) is 0 Å². The first-order valence-electron chi connectivity index (χ1n) is 5.57. The van der Waals surface area contributed by atoms with Gasteiger partial charge in [0.25, 0.3) is 0 Å². The minimum atomic E-state index is -0.772. The molecule has 4 nitrogen and oxygen atoms in total. The van der Waals surface area contributed by atoms with Crippen LogP contribution >= 0.6 is 0 Å². The minimum absolute atomic E-state index is 0.208. The van der Waals surface area contributed by atoms with Gasteiger partial charge in [-0.3, -0.25) is 0 Å². The van der Waals surface area contributed by atoms with Crippen LogP contribution in [0.5, 0.6) is 0 Å². The second-order valence-corrected chi connectivity index (χ2v) is 4.35. The van der Waals surface area contributed by atoms with Crippen LogP contribution in [0.2, 0.25) is 0 Å². The molecule has 0 bridgehead atoms. The molecule has 1 fully saturated rings. The average Bonchev–Trinajstić information content (AvgIpc) is 2.95. The minimum Gasteiger partial charge on any atom is -0.362 e. The molecular formula is C12H11F2N3O. The molecule has 2 heterocycles. The van der Waals surface area contributed by atoms with Crippen LogP contribution in [0.25, 0.3) is 0 Å². The third kappa shape index (κ3) is 1.60. The number of aromatic nitrogens is 3. The van der Waals surface area contributed by atoms with Crippen LogP contribution in [0.15, 0.2) is 30.9 Å². The summed E-state index contributed by atoms with van der Waals surface area (Å²) < 4.78 is 33.8. The highest BCUT2D eigenvalue weighted by molar-refractivity contribution is 5.30. The molecule has 2 atom stereocenters. The smallest absolute Gasteiger partial charge is 0.141 e. The molecule has 0 N–H and O–H groups in total. The Balaban J connectivity index is 2.00. The highest BCUT2D eigenvalue weighted by atomic mass is 19.1. The van der Waals surface area contributed by atoms with E-state index in [1.165, 1.54) is 18.5 Å². The van der Waals surface area contributed by atoms with Gasteiger partial charge >= 0.3 is 0 Å². The summed E-state index contributed by atoms with van der Waals surface area (Å²) in [6, 6.07) is 3.31. The fourth-order valence-corrected chi connectivity index (χ4v) is 2.16. The molecule has 0 amide bonds. The van der Waals surface area contributed by atoms with Gasteiger partial charge in [0.1, 0.15) is 29.9 Å². The standard InChI is InChI=1S/C12H11F2N3O/c1-8(17-7-15-6-16-17)12(5-18-12)10-3-2-9(13)4-11(10)14/h2-4,6-8H,5H2,1H3/t8-,12+/m0/s1. The molecule has 0 unspecified atom stereocenters. The Hall–Kier alpha value is -1.82. The summed E-state index contributed by atoms with van der Waals surface area (Å²) in [5, 5.41) is 4.02. The molecule has 0 saturated carbocycles. The van der Waals surface area contributed by atoms with E-state index in [4.69, 9.17) is 4.74 Å². The molecule has 1 aliphatic heterocycles. The fraction of sp³-hybridized carbons (Fsp3) is 0.333. The van der Waals surface area contributed by atoms with Gasteiger partial charge in [0.15, 0.2) is 0 Å². The van der Waals surface area contributed by atoms with E-state index in [-0.39, 0.29) is 6.04 Å². The molecule has 2 aromatic rings. The van der Waals surface area contributed by atoms with Gasteiger partial charge in [-0.05, 0) is 13.0 Å². The number of hydrogen-bond donors (Lipinski definition) is 0. The van der Waals surface area contributed by atoms with Crippen LogP contribution in [-0.2, 0) is 10.3 Å². The molecule has 94 valence electrons. The molecule has 6 heteroatoms. The first kappa shape index (κ1) is 11.3. The van der Waals surface area contributed by atoms with Crippen molar-refractivity contribution in [2.24, 2.45) is 0 Å². The molecular weight excluding hydrogens is 240 g/mol. The van der Waals surface area contributed by atoms with E-state index < -0.39 is 17.2 Å². The van der Waals surface area contributed by atoms with Crippen LogP contribution in [0.1, 0.15) is 18.5 Å². The van der Waals surface area contributed by atoms with Gasteiger partial charge in [-0.25, -0.2) is 18.4 Å². The van der Waals surface area contributed by atoms with E-state index in [0.717, 1.165) is 6.07 Å². The van der Waals surface area contributed by atoms with Crippen molar-refractivity contribution in [1.82, 2.24) is 14.8 Å². The van der Waals surface area contributed by atoms with Gasteiger partial charge in [-0.1, -0.05) is 6.07 Å². The van der Waals surface area contributed by atoms with Crippen molar-refractivity contribution in [3.63, 3.8) is 0 Å². The van der Waals surface area contributed by atoms with E-state index >= 15 is 0 Å². The predicted octanol–water partition coefficient (Wildman–Crippen LogP) is 2.04. The summed E-state index contributed by atoms with van der Waals surface area (Å²) in [7, 11) is 0. The number of nitrogens with zero attached hydrogens (tertiary/aromatic N) is 3. The lowest BCUT2D eigenvalue weighted by Gasteiger charge is -2.21. The molecule has 1 saturated heterocycles. The molecule has 18 heavy (non-hydrogen) atoms. The van der Waals surface area contributed by atoms with Crippen LogP contribution in [0.4, 0.5) is 8.78 Å². The van der Waals surface area contributed by atoms with Crippen molar-refractivity contribution < 1.29 is 13.5 Å². The first-order valence-corrected chi connectivity index (χ1v) is 5.57. The summed E-state index contributed by atoms with van der Waals surface area (Å²) in [4.78, 5) is 3.86. The normalized spacial score (nSPS) is 23.9. The number of rotatable bonds is 3. The largest absolute Gasteiger partial charge is 0.362 e. The van der Waals surface area contributed by atoms with Gasteiger partial charge in [0.2, 0.25) is 0 Å². The Labute approximate surface area is 102 Å². The van der Waals surface area contributed by atoms with Crippen molar-refractivity contribution in [2.45, 2.75) is 18.6 Å². The maximum atomic E-state index is 13.8. The second kappa shape index (κ2) is 3.84. The molecule has 0 radical (unpaired) electrons. The van der Waals surface area contributed by atoms with Crippen LogP contribution in [0.3, 0.4) is 0 Å². The zero-order valence-corrected chi connectivity index (χ0v) is 9.68. The molecule has 0 aliphatic carbocycles. The number of halogens is 2. The quantitative estimate of drug-likeness (QED) is 0.784. The number of hydrogen-bond acceptors (Lipinski definition) is 3. The van der Waals surface area contributed by atoms with Crippen LogP contribution in [-0.4, -0.2) is 21.4 Å². The van der Waals surface area contributed by atoms with E-state index in [1.807, 2.05) is 6.92 Å². The molecule has 3 rings (SSSR count). The lowest BCUT2D eigenvalue weighted by Crippen LogP contribution is -2.25. The number of epoxide rings is 1. The van der Waals surface area contributed by atoms with E-state index in [9.17, 15) is 8.78 Å². The lowest BCUT2D eigenvalue weighted by molar-refractivity contribution is 0.214. The summed E-state index contributed by atoms with van der Waals surface area (Å²) in [6.07, 6.45) is 2.96. The van der Waals surface area contributed by atoms with Crippen LogP contribution < -0.4 is 0 Å². The van der Waals surface area contributed by atoms with Gasteiger partial charge < -0.3 is 4.74 Å². The Kier molecular flexibility index (Phi) is 2.41. The zero-order chi connectivity index (χ0) is 12.8. The molecule has 1 aromatic carbocycles. The van der Waals surface area contributed by atoms with E-state index in [0.29, 0.717) is 12.2 Å². The maximum Gasteiger partial charge on any atom is 0.141 e. The summed E-state index contributed by atoms with van der Waals surface area (Å²) in [6.45, 7) is 2.25. The summed E-state index contributed by atoms with van der Waals surface area (Å²) in [5.74, 6) is -1.19. The fourth-order valence-electron chi connectivity index (χ4n) is 2.16. The average molecular weight is 251 g/mol. The van der Waals surface area contributed by atoms with Crippen LogP contribution in [0, 0.1) is 11.6 Å². The second-order valence-electron chi connectivity index (χ2n) is 4.35. The highest BCUT2D eigenvalue weighted by Gasteiger charge is 2.54. The van der Waals surface area contributed by atoms with Gasteiger partial charge in [0.05, 0.1) is 12.6 Å². The van der Waals surface area contributed by atoms with Crippen molar-refractivity contribution in [3.05, 3.63) is 48.1 Å². The third-order valence-electron chi connectivity index (χ3n) is 3.35. The number of ether oxygens (including phenoxy) is 1. The van der Waals surface area contributed by atoms with Gasteiger partial charge in [-0.2, -0.15) is 5.10 Å². The van der Waals surface area contributed by atoms with Gasteiger partial charge in [-0.15, -0.1) is 0 Å². The van der Waals surface area contributed by atoms with Crippen molar-refractivity contribution in [3.8, 4) is 0 Å². The Morgan fingerprint density at radius 3 is 2.78 bits per heavy atom. The molecule has 0 spiro atoms. The monoisotopic (exact) mass is 251 g/mol. The van der Waals surface area contributed by atoms with Crippen molar-refractivity contribution in [2.75, 3.05) is 6.61 Å². The molecule has 1 aliphatic rings. The van der Waals surface area contributed by atoms with E-state index in [1.54, 1.807) is 11.0 Å². The number of benzene rings is 1. The Morgan fingerprint density at radius 1 is 1.44 bits per heavy atom. The highest BCUT2D eigenvalue weighted by Crippen LogP contribution is 2.48. The van der Waals surface area contributed by atoms with Gasteiger partial charge in [0, 0.05) is 11.6 Å². The summed E-state index contributed by atoms with van der Waals surface area (Å²) in [5.41, 5.74) is -0.419. The Morgan fingerprint density at radius 2 is 2.22 bits per heavy atom. The maximum absolute atomic E-state index is 13.8. The predicted molar refractivity (Wildman–Crippen MR) is 58.7 cm³/mol. The van der Waals surface area contributed by atoms with E-state index in [2.05, 4.69) is 10.1 Å². The molecule has 1 aromatic heterocycles. The third-order valence-corrected chi connectivity index (χ3v) is 3.35. The lowest BCUT2D eigenvalue weighted by atomic mass is 9.92. The zero-order valence-electron chi connectivity index (χ0n) is 9.68. The van der Waals surface area contributed by atoms with Crippen molar-refractivity contribution >= 4 is 0 Å². The first-order chi connectivity index (χ1) is 8.63. The summed E-state index contributed by atoms with van der Waals surface area (Å²) >= 11 is 0. The SMILES string of the molecule is C[C@H](n1cncn1)[C@@]1(c2ccc(F)cc2F)CO1. The Bertz CT molecular complexity index is 567.